The number of fused-ring (bicyclic) bond motifs is 1. The molecular formula is C15H14ClN5O. The van der Waals surface area contributed by atoms with E-state index >= 15 is 0 Å². The zero-order chi connectivity index (χ0) is 14.9. The summed E-state index contributed by atoms with van der Waals surface area (Å²) >= 11 is 6.08. The Kier molecular flexibility index (Phi) is 3.40. The minimum Gasteiger partial charge on any atom is -0.378 e. The number of rotatable bonds is 2. The molecule has 22 heavy (non-hydrogen) atoms. The first kappa shape index (κ1) is 13.5. The molecule has 0 radical (unpaired) electrons. The number of aromatic nitrogens is 4. The Morgan fingerprint density at radius 3 is 2.82 bits per heavy atom. The summed E-state index contributed by atoms with van der Waals surface area (Å²) in [5.74, 6) is 0.720. The third kappa shape index (κ3) is 2.40. The molecule has 3 aromatic rings. The van der Waals surface area contributed by atoms with E-state index in [4.69, 9.17) is 16.3 Å². The summed E-state index contributed by atoms with van der Waals surface area (Å²) < 4.78 is 7.31. The van der Waals surface area contributed by atoms with Gasteiger partial charge in [-0.2, -0.15) is 0 Å². The molecule has 0 unspecified atom stereocenters. The molecule has 7 heteroatoms. The van der Waals surface area contributed by atoms with E-state index in [0.717, 1.165) is 36.1 Å². The van der Waals surface area contributed by atoms with Crippen molar-refractivity contribution in [3.63, 3.8) is 0 Å². The molecule has 0 saturated carbocycles. The molecule has 1 saturated heterocycles. The van der Waals surface area contributed by atoms with Crippen molar-refractivity contribution in [2.75, 3.05) is 31.2 Å². The fraction of sp³-hybridized carbons (Fsp3) is 0.267. The van der Waals surface area contributed by atoms with Gasteiger partial charge in [-0.05, 0) is 18.2 Å². The molecule has 0 bridgehead atoms. The number of imidazole rings is 1. The standard InChI is InChI=1S/C15H14ClN5O/c16-11-1-2-14-18-9-13(21(14)10-11)12-3-4-17-15(19-12)20-5-7-22-8-6-20/h1-4,9-10H,5-8H2. The monoisotopic (exact) mass is 315 g/mol. The number of morpholine rings is 1. The zero-order valence-corrected chi connectivity index (χ0v) is 12.6. The van der Waals surface area contributed by atoms with Crippen molar-refractivity contribution in [2.24, 2.45) is 0 Å². The predicted octanol–water partition coefficient (Wildman–Crippen LogP) is 2.28. The molecule has 112 valence electrons. The largest absolute Gasteiger partial charge is 0.378 e. The van der Waals surface area contributed by atoms with Crippen LogP contribution in [-0.2, 0) is 4.74 Å². The first-order valence-corrected chi connectivity index (χ1v) is 7.48. The molecule has 0 spiro atoms. The lowest BCUT2D eigenvalue weighted by Gasteiger charge is -2.26. The molecule has 0 N–H and O–H groups in total. The first-order valence-electron chi connectivity index (χ1n) is 7.10. The van der Waals surface area contributed by atoms with Gasteiger partial charge in [0.05, 0.1) is 35.8 Å². The topological polar surface area (TPSA) is 55.5 Å². The SMILES string of the molecule is Clc1ccc2ncc(-c3ccnc(N4CCOCC4)n3)n2c1. The Bertz CT molecular complexity index is 813. The summed E-state index contributed by atoms with van der Waals surface area (Å²) in [6.45, 7) is 3.03. The maximum Gasteiger partial charge on any atom is 0.226 e. The van der Waals surface area contributed by atoms with Crippen molar-refractivity contribution < 1.29 is 4.74 Å². The molecule has 0 atom stereocenters. The van der Waals surface area contributed by atoms with Crippen LogP contribution < -0.4 is 4.90 Å². The van der Waals surface area contributed by atoms with Gasteiger partial charge >= 0.3 is 0 Å². The van der Waals surface area contributed by atoms with Crippen LogP contribution in [0, 0.1) is 0 Å². The molecule has 1 aliphatic heterocycles. The third-order valence-electron chi connectivity index (χ3n) is 3.67. The van der Waals surface area contributed by atoms with Crippen molar-refractivity contribution in [1.82, 2.24) is 19.4 Å². The normalized spacial score (nSPS) is 15.4. The average Bonchev–Trinajstić information content (AvgIpc) is 2.99. The number of anilines is 1. The second kappa shape index (κ2) is 5.55. The van der Waals surface area contributed by atoms with E-state index in [0.29, 0.717) is 18.2 Å². The maximum atomic E-state index is 6.08. The summed E-state index contributed by atoms with van der Waals surface area (Å²) in [5, 5.41) is 0.661. The summed E-state index contributed by atoms with van der Waals surface area (Å²) in [6, 6.07) is 5.59. The molecule has 6 nitrogen and oxygen atoms in total. The molecule has 1 aliphatic rings. The van der Waals surface area contributed by atoms with Gasteiger partial charge in [0.15, 0.2) is 0 Å². The van der Waals surface area contributed by atoms with Crippen LogP contribution in [-0.4, -0.2) is 45.7 Å². The van der Waals surface area contributed by atoms with Crippen LogP contribution in [0.15, 0.2) is 36.8 Å². The second-order valence-electron chi connectivity index (χ2n) is 5.06. The van der Waals surface area contributed by atoms with Gasteiger partial charge in [-0.25, -0.2) is 15.0 Å². The van der Waals surface area contributed by atoms with Crippen molar-refractivity contribution in [2.45, 2.75) is 0 Å². The molecule has 0 aliphatic carbocycles. The van der Waals surface area contributed by atoms with Crippen LogP contribution in [0.3, 0.4) is 0 Å². The van der Waals surface area contributed by atoms with Crippen LogP contribution in [0.5, 0.6) is 0 Å². The van der Waals surface area contributed by atoms with Crippen LogP contribution in [0.2, 0.25) is 5.02 Å². The molecule has 4 heterocycles. The fourth-order valence-corrected chi connectivity index (χ4v) is 2.71. The summed E-state index contributed by atoms with van der Waals surface area (Å²) in [4.78, 5) is 15.6. The number of ether oxygens (including phenoxy) is 1. The van der Waals surface area contributed by atoms with Crippen LogP contribution in [0.1, 0.15) is 0 Å². The number of halogens is 1. The van der Waals surface area contributed by atoms with Crippen molar-refractivity contribution in [1.29, 1.82) is 0 Å². The van der Waals surface area contributed by atoms with Gasteiger partial charge in [0.25, 0.3) is 0 Å². The van der Waals surface area contributed by atoms with Gasteiger partial charge in [0.1, 0.15) is 5.65 Å². The molecule has 0 aromatic carbocycles. The van der Waals surface area contributed by atoms with Crippen molar-refractivity contribution in [3.8, 4) is 11.4 Å². The van der Waals surface area contributed by atoms with Crippen molar-refractivity contribution >= 4 is 23.2 Å². The molecule has 3 aromatic heterocycles. The van der Waals surface area contributed by atoms with Crippen LogP contribution >= 0.6 is 11.6 Å². The van der Waals surface area contributed by atoms with Gasteiger partial charge in [0, 0.05) is 25.5 Å². The smallest absolute Gasteiger partial charge is 0.226 e. The number of hydrogen-bond acceptors (Lipinski definition) is 5. The summed E-state index contributed by atoms with van der Waals surface area (Å²) in [7, 11) is 0. The third-order valence-corrected chi connectivity index (χ3v) is 3.89. The predicted molar refractivity (Wildman–Crippen MR) is 84.3 cm³/mol. The first-order chi connectivity index (χ1) is 10.8. The highest BCUT2D eigenvalue weighted by Gasteiger charge is 2.15. The van der Waals surface area contributed by atoms with Gasteiger partial charge in [-0.15, -0.1) is 0 Å². The minimum absolute atomic E-state index is 0.661. The van der Waals surface area contributed by atoms with E-state index in [2.05, 4.69) is 19.9 Å². The quantitative estimate of drug-likeness (QED) is 0.726. The number of pyridine rings is 1. The maximum absolute atomic E-state index is 6.08. The highest BCUT2D eigenvalue weighted by molar-refractivity contribution is 6.30. The van der Waals surface area contributed by atoms with Gasteiger partial charge in [-0.1, -0.05) is 11.6 Å². The van der Waals surface area contributed by atoms with E-state index in [1.165, 1.54) is 0 Å². The Morgan fingerprint density at radius 2 is 1.95 bits per heavy atom. The van der Waals surface area contributed by atoms with E-state index in [9.17, 15) is 0 Å². The Hall–Kier alpha value is -2.18. The summed E-state index contributed by atoms with van der Waals surface area (Å²) in [5.41, 5.74) is 2.56. The molecule has 1 fully saturated rings. The van der Waals surface area contributed by atoms with E-state index in [1.807, 2.05) is 28.8 Å². The molecule has 0 amide bonds. The van der Waals surface area contributed by atoms with E-state index < -0.39 is 0 Å². The van der Waals surface area contributed by atoms with Crippen molar-refractivity contribution in [3.05, 3.63) is 41.8 Å². The van der Waals surface area contributed by atoms with Gasteiger partial charge in [0.2, 0.25) is 5.95 Å². The van der Waals surface area contributed by atoms with Gasteiger partial charge < -0.3 is 9.64 Å². The Morgan fingerprint density at radius 1 is 1.09 bits per heavy atom. The van der Waals surface area contributed by atoms with Crippen LogP contribution in [0.25, 0.3) is 17.0 Å². The highest BCUT2D eigenvalue weighted by atomic mass is 35.5. The van der Waals surface area contributed by atoms with E-state index in [-0.39, 0.29) is 0 Å². The molecule has 4 rings (SSSR count). The lowest BCUT2D eigenvalue weighted by molar-refractivity contribution is 0.122. The zero-order valence-electron chi connectivity index (χ0n) is 11.8. The minimum atomic E-state index is 0.661. The lowest BCUT2D eigenvalue weighted by atomic mass is 10.3. The molecular weight excluding hydrogens is 302 g/mol. The highest BCUT2D eigenvalue weighted by Crippen LogP contribution is 2.22. The fourth-order valence-electron chi connectivity index (χ4n) is 2.55. The van der Waals surface area contributed by atoms with Crippen LogP contribution in [0.4, 0.5) is 5.95 Å². The van der Waals surface area contributed by atoms with Gasteiger partial charge in [-0.3, -0.25) is 4.40 Å². The number of hydrogen-bond donors (Lipinski definition) is 0. The Balaban J connectivity index is 1.76. The Labute approximate surface area is 132 Å². The second-order valence-corrected chi connectivity index (χ2v) is 5.50. The van der Waals surface area contributed by atoms with E-state index in [1.54, 1.807) is 12.4 Å². The lowest BCUT2D eigenvalue weighted by Crippen LogP contribution is -2.37. The average molecular weight is 316 g/mol. The number of nitrogens with zero attached hydrogens (tertiary/aromatic N) is 5. The summed E-state index contributed by atoms with van der Waals surface area (Å²) in [6.07, 6.45) is 5.42.